The molecule has 2 heterocycles. The largest absolute Gasteiger partial charge is 0.505 e. The van der Waals surface area contributed by atoms with E-state index in [1.165, 1.54) is 32.9 Å². The van der Waals surface area contributed by atoms with E-state index in [4.69, 9.17) is 9.15 Å². The highest BCUT2D eigenvalue weighted by molar-refractivity contribution is 5.90. The Morgan fingerprint density at radius 3 is 2.43 bits per heavy atom. The lowest BCUT2D eigenvalue weighted by Gasteiger charge is -2.11. The number of ether oxygens (including phenoxy) is 1. The molecule has 0 saturated heterocycles. The van der Waals surface area contributed by atoms with Gasteiger partial charge in [-0.1, -0.05) is 17.4 Å². The first-order valence-corrected chi connectivity index (χ1v) is 10.5. The average Bonchev–Trinajstić information content (AvgIpc) is 3.22. The van der Waals surface area contributed by atoms with Gasteiger partial charge in [0.05, 0.1) is 17.8 Å². The lowest BCUT2D eigenvalue weighted by Crippen LogP contribution is -2.15. The number of esters is 1. The van der Waals surface area contributed by atoms with Crippen LogP contribution >= 0.6 is 0 Å². The number of carbonyl (C=O) groups is 1. The molecule has 4 aromatic rings. The molecule has 0 amide bonds. The van der Waals surface area contributed by atoms with Crippen LogP contribution in [0.25, 0.3) is 17.0 Å². The standard InChI is InChI=1S/C24H16F5N3O5/c1-4-5-12-15(25)16(26)17(27)18(28)22(12)37-24(35)20-10(3)32(31-30-20)8-11-7-14(33)36-23-13(11)6-9(2)21(34)19(23)29/h4-7,34H,8H2,1-3H3. The van der Waals surface area contributed by atoms with Gasteiger partial charge < -0.3 is 14.3 Å². The number of fused-ring (bicyclic) bond motifs is 1. The maximum Gasteiger partial charge on any atom is 0.366 e. The second-order valence-corrected chi connectivity index (χ2v) is 7.89. The maximum absolute atomic E-state index is 14.5. The van der Waals surface area contributed by atoms with E-state index >= 15 is 0 Å². The van der Waals surface area contributed by atoms with E-state index < -0.39 is 69.0 Å². The van der Waals surface area contributed by atoms with Crippen molar-refractivity contribution in [2.24, 2.45) is 0 Å². The number of nitrogens with zero attached hydrogens (tertiary/aromatic N) is 3. The molecule has 8 nitrogen and oxygen atoms in total. The van der Waals surface area contributed by atoms with Crippen molar-refractivity contribution in [1.29, 1.82) is 0 Å². The van der Waals surface area contributed by atoms with Gasteiger partial charge in [0, 0.05) is 11.5 Å². The molecule has 0 aliphatic rings. The monoisotopic (exact) mass is 521 g/mol. The van der Waals surface area contributed by atoms with Crippen molar-refractivity contribution in [3.63, 3.8) is 0 Å². The number of phenolic OH excluding ortho intramolecular Hbond substituents is 1. The molecule has 0 radical (unpaired) electrons. The molecule has 2 aromatic carbocycles. The van der Waals surface area contributed by atoms with Gasteiger partial charge in [-0.05, 0) is 38.0 Å². The summed E-state index contributed by atoms with van der Waals surface area (Å²) >= 11 is 0. The van der Waals surface area contributed by atoms with Crippen molar-refractivity contribution >= 4 is 23.0 Å². The van der Waals surface area contributed by atoms with Gasteiger partial charge in [0.25, 0.3) is 0 Å². The van der Waals surface area contributed by atoms with Gasteiger partial charge in [0.15, 0.2) is 34.4 Å². The number of halogens is 5. The smallest absolute Gasteiger partial charge is 0.366 e. The molecule has 0 aliphatic heterocycles. The van der Waals surface area contributed by atoms with Gasteiger partial charge in [-0.15, -0.1) is 5.10 Å². The zero-order valence-electron chi connectivity index (χ0n) is 19.3. The van der Waals surface area contributed by atoms with Crippen LogP contribution in [0.2, 0.25) is 0 Å². The summed E-state index contributed by atoms with van der Waals surface area (Å²) in [6, 6.07) is 2.44. The second kappa shape index (κ2) is 9.48. The highest BCUT2D eigenvalue weighted by Gasteiger charge is 2.29. The molecule has 37 heavy (non-hydrogen) atoms. The lowest BCUT2D eigenvalue weighted by atomic mass is 10.1. The molecular weight excluding hydrogens is 505 g/mol. The Balaban J connectivity index is 1.73. The minimum Gasteiger partial charge on any atom is -0.505 e. The fourth-order valence-electron chi connectivity index (χ4n) is 3.61. The third-order valence-electron chi connectivity index (χ3n) is 5.51. The number of hydrogen-bond donors (Lipinski definition) is 1. The van der Waals surface area contributed by atoms with E-state index in [0.717, 1.165) is 16.8 Å². The number of phenols is 1. The van der Waals surface area contributed by atoms with Crippen LogP contribution in [-0.4, -0.2) is 26.1 Å². The fourth-order valence-corrected chi connectivity index (χ4v) is 3.61. The first-order valence-electron chi connectivity index (χ1n) is 10.5. The van der Waals surface area contributed by atoms with Crippen molar-refractivity contribution in [1.82, 2.24) is 15.0 Å². The van der Waals surface area contributed by atoms with Crippen molar-refractivity contribution in [2.75, 3.05) is 0 Å². The van der Waals surface area contributed by atoms with E-state index in [2.05, 4.69) is 10.3 Å². The van der Waals surface area contributed by atoms with E-state index in [0.29, 0.717) is 0 Å². The van der Waals surface area contributed by atoms with Crippen LogP contribution in [0, 0.1) is 42.9 Å². The van der Waals surface area contributed by atoms with Gasteiger partial charge in [0.2, 0.25) is 17.5 Å². The first-order chi connectivity index (χ1) is 17.5. The second-order valence-electron chi connectivity index (χ2n) is 7.89. The Morgan fingerprint density at radius 2 is 1.76 bits per heavy atom. The molecule has 0 spiro atoms. The van der Waals surface area contributed by atoms with Crippen LogP contribution in [0.4, 0.5) is 22.0 Å². The maximum atomic E-state index is 14.5. The first kappa shape index (κ1) is 25.5. The Bertz CT molecular complexity index is 1680. The molecule has 0 saturated carbocycles. The molecule has 0 bridgehead atoms. The van der Waals surface area contributed by atoms with Gasteiger partial charge in [0.1, 0.15) is 0 Å². The summed E-state index contributed by atoms with van der Waals surface area (Å²) in [7, 11) is 0. The predicted molar refractivity (Wildman–Crippen MR) is 119 cm³/mol. The molecule has 192 valence electrons. The van der Waals surface area contributed by atoms with Crippen LogP contribution in [0.3, 0.4) is 0 Å². The Kier molecular flexibility index (Phi) is 6.55. The Morgan fingerprint density at radius 1 is 1.08 bits per heavy atom. The van der Waals surface area contributed by atoms with E-state index in [1.807, 2.05) is 0 Å². The zero-order valence-corrected chi connectivity index (χ0v) is 19.3. The third kappa shape index (κ3) is 4.32. The minimum atomic E-state index is -2.17. The summed E-state index contributed by atoms with van der Waals surface area (Å²) in [5.41, 5.74) is -2.34. The number of aromatic nitrogens is 3. The molecule has 0 unspecified atom stereocenters. The SMILES string of the molecule is CC=Cc1c(F)c(F)c(F)c(F)c1OC(=O)c1nnn(Cc2cc(=O)oc3c(F)c(O)c(C)cc23)c1C. The zero-order chi connectivity index (χ0) is 27.2. The summed E-state index contributed by atoms with van der Waals surface area (Å²) in [6.07, 6.45) is 2.08. The van der Waals surface area contributed by atoms with E-state index in [-0.39, 0.29) is 28.8 Å². The molecule has 0 atom stereocenters. The number of hydrogen-bond acceptors (Lipinski definition) is 7. The number of rotatable bonds is 5. The fraction of sp³-hybridized carbons (Fsp3) is 0.167. The number of carbonyl (C=O) groups excluding carboxylic acids is 1. The third-order valence-corrected chi connectivity index (χ3v) is 5.51. The van der Waals surface area contributed by atoms with Gasteiger partial charge in [-0.25, -0.2) is 27.4 Å². The highest BCUT2D eigenvalue weighted by atomic mass is 19.2. The Labute approximate surface area is 204 Å². The minimum absolute atomic E-state index is 0.0263. The lowest BCUT2D eigenvalue weighted by molar-refractivity contribution is 0.0717. The van der Waals surface area contributed by atoms with Crippen LogP contribution in [0.5, 0.6) is 11.5 Å². The molecule has 1 N–H and O–H groups in total. The normalized spacial score (nSPS) is 11.6. The summed E-state index contributed by atoms with van der Waals surface area (Å²) in [5.74, 6) is -12.3. The number of aromatic hydroxyl groups is 1. The number of benzene rings is 2. The highest BCUT2D eigenvalue weighted by Crippen LogP contribution is 2.33. The molecule has 4 rings (SSSR count). The molecular formula is C24H16F5N3O5. The van der Waals surface area contributed by atoms with Gasteiger partial charge >= 0.3 is 11.6 Å². The molecule has 0 aliphatic carbocycles. The summed E-state index contributed by atoms with van der Waals surface area (Å²) in [5, 5.41) is 17.4. The Hall–Kier alpha value is -4.55. The topological polar surface area (TPSA) is 107 Å². The van der Waals surface area contributed by atoms with Gasteiger partial charge in [-0.2, -0.15) is 8.78 Å². The van der Waals surface area contributed by atoms with Crippen molar-refractivity contribution in [3.05, 3.63) is 85.8 Å². The van der Waals surface area contributed by atoms with Crippen LogP contribution in [0.1, 0.15) is 39.8 Å². The quantitative estimate of drug-likeness (QED) is 0.101. The average molecular weight is 521 g/mol. The summed E-state index contributed by atoms with van der Waals surface area (Å²) in [4.78, 5) is 24.7. The molecule has 2 aromatic heterocycles. The number of allylic oxidation sites excluding steroid dienone is 1. The summed E-state index contributed by atoms with van der Waals surface area (Å²) < 4.78 is 81.3. The van der Waals surface area contributed by atoms with E-state index in [9.17, 15) is 36.6 Å². The molecule has 13 heteroatoms. The van der Waals surface area contributed by atoms with Crippen LogP contribution in [0.15, 0.2) is 27.4 Å². The van der Waals surface area contributed by atoms with Crippen LogP contribution in [-0.2, 0) is 6.54 Å². The number of aryl methyl sites for hydroxylation is 1. The summed E-state index contributed by atoms with van der Waals surface area (Å²) in [6.45, 7) is 3.96. The molecule has 0 fully saturated rings. The van der Waals surface area contributed by atoms with Crippen molar-refractivity contribution in [2.45, 2.75) is 27.3 Å². The van der Waals surface area contributed by atoms with Gasteiger partial charge in [-0.3, -0.25) is 0 Å². The van der Waals surface area contributed by atoms with Crippen molar-refractivity contribution in [3.8, 4) is 11.5 Å². The van der Waals surface area contributed by atoms with Crippen molar-refractivity contribution < 1.29 is 41.0 Å². The van der Waals surface area contributed by atoms with Crippen LogP contribution < -0.4 is 10.4 Å². The predicted octanol–water partition coefficient (Wildman–Crippen LogP) is 4.70. The van der Waals surface area contributed by atoms with E-state index in [1.54, 1.807) is 0 Å².